The van der Waals surface area contributed by atoms with Gasteiger partial charge in [0.1, 0.15) is 0 Å². The average Bonchev–Trinajstić information content (AvgIpc) is 1.85. The van der Waals surface area contributed by atoms with Gasteiger partial charge in [0, 0.05) is 5.75 Å². The average molecular weight is 262 g/mol. The quantitative estimate of drug-likeness (QED) is 0.484. The van der Waals surface area contributed by atoms with Crippen LogP contribution in [0.25, 0.3) is 0 Å². The third-order valence-corrected chi connectivity index (χ3v) is 0.906. The molecule has 0 fully saturated rings. The second-order valence-electron chi connectivity index (χ2n) is 1.77. The van der Waals surface area contributed by atoms with Crippen LogP contribution in [0, 0.1) is 6.07 Å². The summed E-state index contributed by atoms with van der Waals surface area (Å²) >= 11 is 0. The number of ether oxygens (including phenoxy) is 1. The van der Waals surface area contributed by atoms with Crippen LogP contribution >= 0.6 is 0 Å². The maximum atomic E-state index is 11.5. The molecule has 0 spiro atoms. The summed E-state index contributed by atoms with van der Waals surface area (Å²) in [6.07, 6.45) is -4.63. The molecule has 1 aromatic rings. The van der Waals surface area contributed by atoms with Crippen molar-refractivity contribution in [3.63, 3.8) is 0 Å². The molecule has 0 radical (unpaired) electrons. The smallest absolute Gasteiger partial charge is 1.00 e. The number of hydrogen-bond acceptors (Lipinski definition) is 1. The molecule has 1 aromatic carbocycles. The zero-order valence-corrected chi connectivity index (χ0v) is 10.2. The number of alkyl halides is 3. The van der Waals surface area contributed by atoms with Crippen molar-refractivity contribution >= 4 is 0 Å². The van der Waals surface area contributed by atoms with Gasteiger partial charge in [0.15, 0.2) is 0 Å². The van der Waals surface area contributed by atoms with Gasteiger partial charge in [0.05, 0.1) is 0 Å². The van der Waals surface area contributed by atoms with Crippen molar-refractivity contribution in [2.24, 2.45) is 0 Å². The summed E-state index contributed by atoms with van der Waals surface area (Å²) in [4.78, 5) is 0. The van der Waals surface area contributed by atoms with E-state index in [4.69, 9.17) is 0 Å². The van der Waals surface area contributed by atoms with Gasteiger partial charge in [-0.05, 0) is 0 Å². The third-order valence-electron chi connectivity index (χ3n) is 0.906. The summed E-state index contributed by atoms with van der Waals surface area (Å²) in [6.45, 7) is 0. The van der Waals surface area contributed by atoms with Crippen molar-refractivity contribution in [3.05, 3.63) is 30.3 Å². The zero-order valence-electron chi connectivity index (χ0n) is 6.44. The van der Waals surface area contributed by atoms with Crippen LogP contribution in [0.4, 0.5) is 13.2 Å². The first-order valence-electron chi connectivity index (χ1n) is 2.80. The molecule has 0 heterocycles. The number of rotatable bonds is 1. The Hall–Kier alpha value is -0.277. The van der Waals surface area contributed by atoms with E-state index < -0.39 is 6.36 Å². The number of para-hydroxylation sites is 1. The predicted molar refractivity (Wildman–Crippen MR) is 32.0 cm³/mol. The second-order valence-corrected chi connectivity index (χ2v) is 1.77. The first-order valence-corrected chi connectivity index (χ1v) is 2.80. The maximum Gasteiger partial charge on any atom is 2.00 e. The first-order chi connectivity index (χ1) is 5.08. The molecule has 68 valence electrons. The van der Waals surface area contributed by atoms with Crippen LogP contribution < -0.4 is 17.1 Å². The zero-order chi connectivity index (χ0) is 8.32. The van der Waals surface area contributed by atoms with E-state index in [-0.39, 0.29) is 37.6 Å². The molecular formula is C7H4ClF3OZn. The van der Waals surface area contributed by atoms with Gasteiger partial charge in [-0.3, -0.25) is 0 Å². The molecule has 0 aliphatic carbocycles. The molecule has 1 nitrogen and oxygen atoms in total. The molecule has 0 N–H and O–H groups in total. The van der Waals surface area contributed by atoms with Gasteiger partial charge in [-0.1, -0.05) is 0 Å². The van der Waals surface area contributed by atoms with E-state index in [0.29, 0.717) is 0 Å². The Balaban J connectivity index is 0. The summed E-state index contributed by atoms with van der Waals surface area (Å²) in [5.41, 5.74) is 0. The minimum atomic E-state index is -4.63. The van der Waals surface area contributed by atoms with Crippen molar-refractivity contribution in [1.82, 2.24) is 0 Å². The summed E-state index contributed by atoms with van der Waals surface area (Å²) in [6, 6.07) is 7.82. The largest absolute Gasteiger partial charge is 2.00 e. The Morgan fingerprint density at radius 1 is 1.23 bits per heavy atom. The van der Waals surface area contributed by atoms with Crippen molar-refractivity contribution in [2.75, 3.05) is 0 Å². The third kappa shape index (κ3) is 6.85. The summed E-state index contributed by atoms with van der Waals surface area (Å²) in [7, 11) is 0. The van der Waals surface area contributed by atoms with Gasteiger partial charge in [-0.25, -0.2) is 0 Å². The maximum absolute atomic E-state index is 11.5. The predicted octanol–water partition coefficient (Wildman–Crippen LogP) is -0.613. The molecule has 0 saturated heterocycles. The van der Waals surface area contributed by atoms with Crippen molar-refractivity contribution in [3.8, 4) is 5.75 Å². The van der Waals surface area contributed by atoms with Gasteiger partial charge < -0.3 is 17.1 Å². The van der Waals surface area contributed by atoms with E-state index in [1.807, 2.05) is 0 Å². The number of halogens is 4. The Bertz CT molecular complexity index is 227. The van der Waals surface area contributed by atoms with Crippen LogP contribution in [0.3, 0.4) is 0 Å². The van der Waals surface area contributed by atoms with Crippen molar-refractivity contribution in [1.29, 1.82) is 0 Å². The molecule has 0 aliphatic rings. The molecule has 0 atom stereocenters. The normalized spacial score (nSPS) is 9.46. The molecule has 6 heteroatoms. The molecule has 0 unspecified atom stereocenters. The van der Waals surface area contributed by atoms with Crippen LogP contribution in [0.15, 0.2) is 24.3 Å². The summed E-state index contributed by atoms with van der Waals surface area (Å²) in [5, 5.41) is 0. The minimum absolute atomic E-state index is 0. The SMILES string of the molecule is FC(F)(F)Oc1[c-]cccc1.[Cl-].[Zn+2]. The molecule has 0 aliphatic heterocycles. The summed E-state index contributed by atoms with van der Waals surface area (Å²) in [5.74, 6) is -0.319. The molecule has 0 amide bonds. The van der Waals surface area contributed by atoms with E-state index >= 15 is 0 Å². The summed E-state index contributed by atoms with van der Waals surface area (Å²) < 4.78 is 38.0. The van der Waals surface area contributed by atoms with Gasteiger partial charge >= 0.3 is 25.8 Å². The van der Waals surface area contributed by atoms with Gasteiger partial charge in [-0.2, -0.15) is 18.2 Å². The molecule has 0 saturated carbocycles. The fourth-order valence-corrected chi connectivity index (χ4v) is 0.565. The molecule has 0 aromatic heterocycles. The van der Waals surface area contributed by atoms with E-state index in [9.17, 15) is 13.2 Å². The molecule has 1 rings (SSSR count). The van der Waals surface area contributed by atoms with Crippen molar-refractivity contribution < 1.29 is 49.8 Å². The van der Waals surface area contributed by atoms with Crippen LogP contribution in [-0.2, 0) is 19.5 Å². The fraction of sp³-hybridized carbons (Fsp3) is 0.143. The Labute approximate surface area is 92.4 Å². The van der Waals surface area contributed by atoms with Crippen LogP contribution in [0.1, 0.15) is 0 Å². The Kier molecular flexibility index (Phi) is 7.27. The van der Waals surface area contributed by atoms with Gasteiger partial charge in [0.25, 0.3) is 0 Å². The Morgan fingerprint density at radius 3 is 2.23 bits per heavy atom. The topological polar surface area (TPSA) is 9.23 Å². The van der Waals surface area contributed by atoms with E-state index in [0.717, 1.165) is 0 Å². The van der Waals surface area contributed by atoms with Gasteiger partial charge in [-0.15, -0.1) is 25.3 Å². The monoisotopic (exact) mass is 260 g/mol. The second kappa shape index (κ2) is 6.22. The van der Waals surface area contributed by atoms with Gasteiger partial charge in [0.2, 0.25) is 0 Å². The number of benzene rings is 1. The van der Waals surface area contributed by atoms with Crippen LogP contribution in [0.5, 0.6) is 5.75 Å². The Morgan fingerprint density at radius 2 is 1.85 bits per heavy atom. The minimum Gasteiger partial charge on any atom is -1.00 e. The standard InChI is InChI=1S/C7H4F3O.ClH.Zn/c8-7(9,10)11-6-4-2-1-3-5-6;;/h1-4H;1H;/q-1;;+2/p-1. The van der Waals surface area contributed by atoms with Crippen molar-refractivity contribution in [2.45, 2.75) is 6.36 Å². The fourth-order valence-electron chi connectivity index (χ4n) is 0.565. The van der Waals surface area contributed by atoms with E-state index in [2.05, 4.69) is 10.8 Å². The first kappa shape index (κ1) is 15.2. The van der Waals surface area contributed by atoms with E-state index in [1.54, 1.807) is 6.07 Å². The van der Waals surface area contributed by atoms with E-state index in [1.165, 1.54) is 18.2 Å². The molecule has 0 bridgehead atoms. The molecular weight excluding hydrogens is 258 g/mol. The number of hydrogen-bond donors (Lipinski definition) is 0. The van der Waals surface area contributed by atoms with Crippen LogP contribution in [0.2, 0.25) is 0 Å². The van der Waals surface area contributed by atoms with Crippen LogP contribution in [-0.4, -0.2) is 6.36 Å². The molecule has 13 heavy (non-hydrogen) atoms.